The van der Waals surface area contributed by atoms with E-state index in [1.807, 2.05) is 33.8 Å². The maximum atomic E-state index is 12.9. The summed E-state index contributed by atoms with van der Waals surface area (Å²) in [6.45, 7) is 12.0. The number of nitrogens with zero attached hydrogens (tertiary/aromatic N) is 1. The van der Waals surface area contributed by atoms with Crippen molar-refractivity contribution in [1.82, 2.24) is 4.98 Å². The number of esters is 1. The van der Waals surface area contributed by atoms with Crippen molar-refractivity contribution in [2.75, 3.05) is 0 Å². The third-order valence-corrected chi connectivity index (χ3v) is 5.79. The third kappa shape index (κ3) is 3.34. The molecule has 0 saturated heterocycles. The highest BCUT2D eigenvalue weighted by molar-refractivity contribution is 8.01. The van der Waals surface area contributed by atoms with Gasteiger partial charge >= 0.3 is 5.97 Å². The SMILES string of the molecule is CCc1c(C)nc2c(c1C)C(c1ccoc1)C(C(=O)OC(C)(C)C)S2. The number of pyridine rings is 1. The topological polar surface area (TPSA) is 52.3 Å². The number of aryl methyl sites for hydroxylation is 1. The standard InChI is InChI=1S/C20H25NO3S/c1-7-14-11(2)15-16(13-8-9-23-10-13)17(19(22)24-20(4,5)6)25-18(15)21-12(14)3/h8-10,16-17H,7H2,1-6H3. The van der Waals surface area contributed by atoms with Gasteiger partial charge in [-0.2, -0.15) is 0 Å². The van der Waals surface area contributed by atoms with E-state index in [9.17, 15) is 4.79 Å². The fourth-order valence-corrected chi connectivity index (χ4v) is 4.94. The number of fused-ring (bicyclic) bond motifs is 1. The van der Waals surface area contributed by atoms with Crippen molar-refractivity contribution in [2.24, 2.45) is 0 Å². The normalized spacial score (nSPS) is 19.8. The molecule has 3 rings (SSSR count). The van der Waals surface area contributed by atoms with E-state index < -0.39 is 5.60 Å². The van der Waals surface area contributed by atoms with Crippen molar-refractivity contribution in [3.8, 4) is 0 Å². The zero-order valence-electron chi connectivity index (χ0n) is 15.7. The molecule has 0 spiro atoms. The number of furan rings is 1. The smallest absolute Gasteiger partial charge is 0.320 e. The molecule has 0 aliphatic carbocycles. The molecule has 0 fully saturated rings. The van der Waals surface area contributed by atoms with Gasteiger partial charge in [0.2, 0.25) is 0 Å². The largest absolute Gasteiger partial charge is 0.472 e. The quantitative estimate of drug-likeness (QED) is 0.737. The first-order chi connectivity index (χ1) is 11.7. The summed E-state index contributed by atoms with van der Waals surface area (Å²) in [7, 11) is 0. The fourth-order valence-electron chi connectivity index (χ4n) is 3.53. The highest BCUT2D eigenvalue weighted by Crippen LogP contribution is 2.50. The molecule has 134 valence electrons. The average molecular weight is 359 g/mol. The molecule has 0 bridgehead atoms. The van der Waals surface area contributed by atoms with E-state index in [4.69, 9.17) is 14.1 Å². The number of thioether (sulfide) groups is 1. The van der Waals surface area contributed by atoms with Crippen LogP contribution in [0, 0.1) is 13.8 Å². The summed E-state index contributed by atoms with van der Waals surface area (Å²) in [6.07, 6.45) is 4.31. The minimum absolute atomic E-state index is 0.0907. The van der Waals surface area contributed by atoms with Crippen molar-refractivity contribution in [3.05, 3.63) is 46.5 Å². The Kier molecular flexibility index (Phi) is 4.71. The van der Waals surface area contributed by atoms with Crippen LogP contribution in [-0.4, -0.2) is 21.8 Å². The number of carbonyl (C=O) groups excluding carboxylic acids is 1. The minimum atomic E-state index is -0.514. The van der Waals surface area contributed by atoms with Gasteiger partial charge in [0.1, 0.15) is 15.9 Å². The summed E-state index contributed by atoms with van der Waals surface area (Å²) >= 11 is 1.51. The van der Waals surface area contributed by atoms with Crippen LogP contribution < -0.4 is 0 Å². The Bertz CT molecular complexity index is 790. The van der Waals surface area contributed by atoms with Crippen molar-refractivity contribution in [2.45, 2.75) is 69.8 Å². The molecule has 2 atom stereocenters. The Morgan fingerprint density at radius 3 is 2.64 bits per heavy atom. The summed E-state index contributed by atoms with van der Waals surface area (Å²) in [6, 6.07) is 1.93. The van der Waals surface area contributed by atoms with Crippen LogP contribution in [0.15, 0.2) is 28.0 Å². The lowest BCUT2D eigenvalue weighted by atomic mass is 9.86. The summed E-state index contributed by atoms with van der Waals surface area (Å²) < 4.78 is 11.0. The Morgan fingerprint density at radius 1 is 1.36 bits per heavy atom. The van der Waals surface area contributed by atoms with E-state index in [-0.39, 0.29) is 17.1 Å². The van der Waals surface area contributed by atoms with Gasteiger partial charge in [-0.15, -0.1) is 0 Å². The molecule has 5 heteroatoms. The molecule has 1 aliphatic rings. The van der Waals surface area contributed by atoms with Gasteiger partial charge in [-0.3, -0.25) is 4.79 Å². The molecule has 0 aromatic carbocycles. The van der Waals surface area contributed by atoms with E-state index in [1.165, 1.54) is 22.9 Å². The highest BCUT2D eigenvalue weighted by atomic mass is 32.2. The first-order valence-electron chi connectivity index (χ1n) is 8.64. The van der Waals surface area contributed by atoms with Gasteiger partial charge < -0.3 is 9.15 Å². The van der Waals surface area contributed by atoms with E-state index >= 15 is 0 Å². The Hall–Kier alpha value is -1.75. The number of rotatable bonds is 3. The van der Waals surface area contributed by atoms with Gasteiger partial charge in [0.25, 0.3) is 0 Å². The maximum Gasteiger partial charge on any atom is 0.320 e. The molecule has 2 unspecified atom stereocenters. The van der Waals surface area contributed by atoms with Gasteiger partial charge in [-0.1, -0.05) is 18.7 Å². The van der Waals surface area contributed by atoms with Gasteiger partial charge in [-0.25, -0.2) is 4.98 Å². The highest BCUT2D eigenvalue weighted by Gasteiger charge is 2.44. The molecule has 3 heterocycles. The first-order valence-corrected chi connectivity index (χ1v) is 9.52. The van der Waals surface area contributed by atoms with Gasteiger partial charge in [0, 0.05) is 11.6 Å². The zero-order chi connectivity index (χ0) is 18.4. The lowest BCUT2D eigenvalue weighted by molar-refractivity contribution is -0.154. The maximum absolute atomic E-state index is 12.9. The van der Waals surface area contributed by atoms with E-state index in [0.717, 1.165) is 28.3 Å². The number of ether oxygens (including phenoxy) is 1. The molecule has 0 saturated carbocycles. The van der Waals surface area contributed by atoms with E-state index in [1.54, 1.807) is 12.5 Å². The Balaban J connectivity index is 2.10. The number of carbonyl (C=O) groups is 1. The van der Waals surface area contributed by atoms with Crippen molar-refractivity contribution in [3.63, 3.8) is 0 Å². The van der Waals surface area contributed by atoms with E-state index in [2.05, 4.69) is 13.8 Å². The van der Waals surface area contributed by atoms with Crippen molar-refractivity contribution >= 4 is 17.7 Å². The summed E-state index contributed by atoms with van der Waals surface area (Å²) in [5.74, 6) is -0.288. The minimum Gasteiger partial charge on any atom is -0.472 e. The van der Waals surface area contributed by atoms with Gasteiger partial charge in [-0.05, 0) is 69.4 Å². The van der Waals surface area contributed by atoms with Crippen LogP contribution in [0.3, 0.4) is 0 Å². The predicted molar refractivity (Wildman–Crippen MR) is 99.1 cm³/mol. The monoisotopic (exact) mass is 359 g/mol. The zero-order valence-corrected chi connectivity index (χ0v) is 16.5. The van der Waals surface area contributed by atoms with Crippen LogP contribution in [0.1, 0.15) is 61.6 Å². The van der Waals surface area contributed by atoms with Crippen LogP contribution in [0.4, 0.5) is 0 Å². The van der Waals surface area contributed by atoms with Crippen LogP contribution in [0.5, 0.6) is 0 Å². The Morgan fingerprint density at radius 2 is 2.08 bits per heavy atom. The van der Waals surface area contributed by atoms with Crippen LogP contribution in [0.2, 0.25) is 0 Å². The number of hydrogen-bond donors (Lipinski definition) is 0. The van der Waals surface area contributed by atoms with Gasteiger partial charge in [0.15, 0.2) is 0 Å². The molecule has 0 radical (unpaired) electrons. The van der Waals surface area contributed by atoms with Crippen LogP contribution in [0.25, 0.3) is 0 Å². The fraction of sp³-hybridized carbons (Fsp3) is 0.500. The van der Waals surface area contributed by atoms with Crippen LogP contribution in [-0.2, 0) is 16.0 Å². The molecular weight excluding hydrogens is 334 g/mol. The average Bonchev–Trinajstić information content (AvgIpc) is 3.12. The van der Waals surface area contributed by atoms with Crippen molar-refractivity contribution < 1.29 is 13.9 Å². The molecule has 0 amide bonds. The van der Waals surface area contributed by atoms with E-state index in [0.29, 0.717) is 0 Å². The number of hydrogen-bond acceptors (Lipinski definition) is 5. The molecule has 0 N–H and O–H groups in total. The lowest BCUT2D eigenvalue weighted by Gasteiger charge is -2.24. The number of aromatic nitrogens is 1. The third-order valence-electron chi connectivity index (χ3n) is 4.54. The predicted octanol–water partition coefficient (Wildman–Crippen LogP) is 4.80. The summed E-state index contributed by atoms with van der Waals surface area (Å²) in [4.78, 5) is 17.7. The second kappa shape index (κ2) is 6.52. The molecule has 2 aromatic rings. The van der Waals surface area contributed by atoms with Crippen molar-refractivity contribution in [1.29, 1.82) is 0 Å². The molecular formula is C20H25NO3S. The lowest BCUT2D eigenvalue weighted by Crippen LogP contribution is -2.32. The molecule has 25 heavy (non-hydrogen) atoms. The van der Waals surface area contributed by atoms with Gasteiger partial charge in [0.05, 0.1) is 12.5 Å². The molecule has 2 aromatic heterocycles. The molecule has 4 nitrogen and oxygen atoms in total. The summed E-state index contributed by atoms with van der Waals surface area (Å²) in [5.41, 5.74) is 5.16. The Labute approximate surface area is 153 Å². The summed E-state index contributed by atoms with van der Waals surface area (Å²) in [5, 5.41) is 0.596. The second-order valence-electron chi connectivity index (χ2n) is 7.48. The second-order valence-corrected chi connectivity index (χ2v) is 8.61. The van der Waals surface area contributed by atoms with Crippen LogP contribution >= 0.6 is 11.8 Å². The first kappa shape index (κ1) is 18.1. The molecule has 1 aliphatic heterocycles.